The van der Waals surface area contributed by atoms with Gasteiger partial charge in [-0.15, -0.1) is 0 Å². The quantitative estimate of drug-likeness (QED) is 0.744. The van der Waals surface area contributed by atoms with Crippen molar-refractivity contribution in [2.75, 3.05) is 57.3 Å². The minimum atomic E-state index is 0.720. The smallest absolute Gasteiger partial charge is 0.0214 e. The van der Waals surface area contributed by atoms with Gasteiger partial charge in [-0.3, -0.25) is 9.80 Å². The van der Waals surface area contributed by atoms with Crippen LogP contribution in [0.1, 0.15) is 33.1 Å². The molecule has 0 N–H and O–H groups in total. The lowest BCUT2D eigenvalue weighted by molar-refractivity contribution is 0.102. The molecule has 2 aliphatic heterocycles. The fourth-order valence-electron chi connectivity index (χ4n) is 3.85. The molecule has 0 bridgehead atoms. The molecule has 21 heavy (non-hydrogen) atoms. The van der Waals surface area contributed by atoms with Crippen LogP contribution in [0.2, 0.25) is 0 Å². The Labute approximate surface area is 135 Å². The van der Waals surface area contributed by atoms with Crippen LogP contribution in [0, 0.1) is 5.92 Å². The summed E-state index contributed by atoms with van der Waals surface area (Å²) in [4.78, 5) is 8.11. The molecule has 0 amide bonds. The molecule has 0 spiro atoms. The summed E-state index contributed by atoms with van der Waals surface area (Å²) in [6.07, 6.45) is 4.37. The lowest BCUT2D eigenvalue weighted by atomic mass is 10.1. The zero-order valence-electron chi connectivity index (χ0n) is 14.0. The van der Waals surface area contributed by atoms with Crippen molar-refractivity contribution < 1.29 is 0 Å². The molecule has 3 aliphatic rings. The van der Waals surface area contributed by atoms with Gasteiger partial charge in [-0.2, -0.15) is 11.8 Å². The van der Waals surface area contributed by atoms with Gasteiger partial charge in [0.15, 0.2) is 0 Å². The summed E-state index contributed by atoms with van der Waals surface area (Å²) in [5.41, 5.74) is 0. The van der Waals surface area contributed by atoms with E-state index in [0.29, 0.717) is 0 Å². The van der Waals surface area contributed by atoms with Gasteiger partial charge >= 0.3 is 0 Å². The van der Waals surface area contributed by atoms with E-state index in [1.165, 1.54) is 76.6 Å². The summed E-state index contributed by atoms with van der Waals surface area (Å²) in [5, 5.41) is 0. The molecule has 0 aromatic heterocycles. The largest absolute Gasteiger partial charge is 0.301 e. The zero-order valence-corrected chi connectivity index (χ0v) is 14.8. The van der Waals surface area contributed by atoms with Crippen molar-refractivity contribution in [2.45, 2.75) is 45.2 Å². The Bertz CT molecular complexity index is 311. The van der Waals surface area contributed by atoms with Gasteiger partial charge in [-0.05, 0) is 52.1 Å². The van der Waals surface area contributed by atoms with Crippen molar-refractivity contribution in [2.24, 2.45) is 5.92 Å². The highest BCUT2D eigenvalue weighted by atomic mass is 32.2. The van der Waals surface area contributed by atoms with Crippen LogP contribution < -0.4 is 0 Å². The van der Waals surface area contributed by atoms with Crippen LogP contribution in [0.25, 0.3) is 0 Å². The molecule has 3 fully saturated rings. The van der Waals surface area contributed by atoms with Gasteiger partial charge in [0, 0.05) is 56.3 Å². The van der Waals surface area contributed by atoms with E-state index in [1.54, 1.807) is 0 Å². The topological polar surface area (TPSA) is 9.72 Å². The molecule has 0 aromatic rings. The van der Waals surface area contributed by atoms with Crippen LogP contribution in [0.5, 0.6) is 0 Å². The maximum Gasteiger partial charge on any atom is 0.0214 e. The number of piperazine rings is 1. The third-order valence-electron chi connectivity index (χ3n) is 5.50. The molecule has 3 nitrogen and oxygen atoms in total. The van der Waals surface area contributed by atoms with Crippen molar-refractivity contribution in [1.29, 1.82) is 0 Å². The van der Waals surface area contributed by atoms with E-state index in [1.807, 2.05) is 0 Å². The van der Waals surface area contributed by atoms with Crippen LogP contribution in [-0.2, 0) is 0 Å². The minimum Gasteiger partial charge on any atom is -0.301 e. The van der Waals surface area contributed by atoms with Crippen molar-refractivity contribution in [3.63, 3.8) is 0 Å². The van der Waals surface area contributed by atoms with Crippen LogP contribution >= 0.6 is 11.8 Å². The molecule has 1 saturated carbocycles. The summed E-state index contributed by atoms with van der Waals surface area (Å²) in [5.74, 6) is 3.81. The SMILES string of the molecule is CC(C)N1CCN(CCCN2CCSCC2C2CC2)CC1. The standard InChI is InChI=1S/C17H33N3S/c1-15(2)19-10-8-18(9-11-19)6-3-7-20-12-13-21-14-17(20)16-4-5-16/h15-17H,3-14H2,1-2H3. The summed E-state index contributed by atoms with van der Waals surface area (Å²) < 4.78 is 0. The molecular weight excluding hydrogens is 278 g/mol. The Morgan fingerprint density at radius 2 is 1.76 bits per heavy atom. The average Bonchev–Trinajstić information content (AvgIpc) is 3.33. The first kappa shape index (κ1) is 16.1. The Kier molecular flexibility index (Phi) is 5.88. The Morgan fingerprint density at radius 1 is 1.00 bits per heavy atom. The minimum absolute atomic E-state index is 0.720. The van der Waals surface area contributed by atoms with Crippen LogP contribution in [0.3, 0.4) is 0 Å². The molecular formula is C17H33N3S. The van der Waals surface area contributed by atoms with E-state index >= 15 is 0 Å². The molecule has 122 valence electrons. The summed E-state index contributed by atoms with van der Waals surface area (Å²) in [6, 6.07) is 1.64. The van der Waals surface area contributed by atoms with Crippen molar-refractivity contribution in [3.8, 4) is 0 Å². The molecule has 1 atom stereocenters. The van der Waals surface area contributed by atoms with Gasteiger partial charge < -0.3 is 4.90 Å². The first-order valence-electron chi connectivity index (χ1n) is 9.02. The van der Waals surface area contributed by atoms with Crippen molar-refractivity contribution >= 4 is 11.8 Å². The van der Waals surface area contributed by atoms with Crippen LogP contribution in [0.15, 0.2) is 0 Å². The predicted octanol–water partition coefficient (Wildman–Crippen LogP) is 2.23. The number of hydrogen-bond acceptors (Lipinski definition) is 4. The second-order valence-corrected chi connectivity index (χ2v) is 8.49. The second-order valence-electron chi connectivity index (χ2n) is 7.34. The number of rotatable bonds is 6. The second kappa shape index (κ2) is 7.67. The van der Waals surface area contributed by atoms with Crippen molar-refractivity contribution in [3.05, 3.63) is 0 Å². The first-order chi connectivity index (χ1) is 10.2. The molecule has 1 unspecified atom stereocenters. The van der Waals surface area contributed by atoms with E-state index in [9.17, 15) is 0 Å². The Morgan fingerprint density at radius 3 is 2.43 bits per heavy atom. The average molecular weight is 312 g/mol. The highest BCUT2D eigenvalue weighted by Crippen LogP contribution is 2.38. The fraction of sp³-hybridized carbons (Fsp3) is 1.00. The number of thioether (sulfide) groups is 1. The maximum atomic E-state index is 2.82. The maximum absolute atomic E-state index is 2.82. The molecule has 4 heteroatoms. The normalized spacial score (nSPS) is 30.1. The lowest BCUT2D eigenvalue weighted by Crippen LogP contribution is -2.49. The monoisotopic (exact) mass is 311 g/mol. The van der Waals surface area contributed by atoms with Gasteiger partial charge in [-0.1, -0.05) is 0 Å². The lowest BCUT2D eigenvalue weighted by Gasteiger charge is -2.38. The van der Waals surface area contributed by atoms with E-state index in [4.69, 9.17) is 0 Å². The van der Waals surface area contributed by atoms with E-state index in [2.05, 4.69) is 40.3 Å². The van der Waals surface area contributed by atoms with Gasteiger partial charge in [0.2, 0.25) is 0 Å². The third kappa shape index (κ3) is 4.60. The molecule has 1 aliphatic carbocycles. The third-order valence-corrected chi connectivity index (χ3v) is 6.55. The van der Waals surface area contributed by atoms with Gasteiger partial charge in [0.25, 0.3) is 0 Å². The van der Waals surface area contributed by atoms with Crippen LogP contribution in [-0.4, -0.2) is 84.1 Å². The fourth-order valence-corrected chi connectivity index (χ4v) is 5.11. The van der Waals surface area contributed by atoms with Crippen molar-refractivity contribution in [1.82, 2.24) is 14.7 Å². The molecule has 3 rings (SSSR count). The number of nitrogens with zero attached hydrogens (tertiary/aromatic N) is 3. The Balaban J connectivity index is 1.34. The number of hydrogen-bond donors (Lipinski definition) is 0. The Hall–Kier alpha value is 0.230. The highest BCUT2D eigenvalue weighted by molar-refractivity contribution is 7.99. The summed E-state index contributed by atoms with van der Waals surface area (Å²) >= 11 is 2.18. The molecule has 0 radical (unpaired) electrons. The predicted molar refractivity (Wildman–Crippen MR) is 93.2 cm³/mol. The van der Waals surface area contributed by atoms with E-state index < -0.39 is 0 Å². The molecule has 2 heterocycles. The summed E-state index contributed by atoms with van der Waals surface area (Å²) in [7, 11) is 0. The van der Waals surface area contributed by atoms with Gasteiger partial charge in [-0.25, -0.2) is 0 Å². The van der Waals surface area contributed by atoms with E-state index in [0.717, 1.165) is 18.0 Å². The highest BCUT2D eigenvalue weighted by Gasteiger charge is 2.36. The van der Waals surface area contributed by atoms with E-state index in [-0.39, 0.29) is 0 Å². The molecule has 0 aromatic carbocycles. The first-order valence-corrected chi connectivity index (χ1v) is 10.2. The summed E-state index contributed by atoms with van der Waals surface area (Å²) in [6.45, 7) is 13.7. The molecule has 2 saturated heterocycles. The van der Waals surface area contributed by atoms with Gasteiger partial charge in [0.05, 0.1) is 0 Å². The zero-order chi connectivity index (χ0) is 14.7. The van der Waals surface area contributed by atoms with Gasteiger partial charge in [0.1, 0.15) is 0 Å². The van der Waals surface area contributed by atoms with Crippen LogP contribution in [0.4, 0.5) is 0 Å².